The monoisotopic (exact) mass is 733 g/mol. The number of amides is 5. The lowest BCUT2D eigenvalue weighted by Crippen LogP contribution is -2.62. The first-order chi connectivity index (χ1) is 24.3. The Morgan fingerprint density at radius 1 is 0.922 bits per heavy atom. The Labute approximate surface area is 309 Å². The summed E-state index contributed by atoms with van der Waals surface area (Å²) in [7, 11) is 0. The number of unbranched alkanes of at least 4 members (excludes halogenated alkanes) is 1. The minimum atomic E-state index is -0.990. The Morgan fingerprint density at radius 2 is 1.63 bits per heavy atom. The maximum Gasteiger partial charge on any atom is 0.458 e. The topological polar surface area (TPSA) is 166 Å². The number of nitrogens with zero attached hydrogens (tertiary/aromatic N) is 1. The Bertz CT molecular complexity index is 1200. The maximum atomic E-state index is 14.5. The van der Waals surface area contributed by atoms with Gasteiger partial charge < -0.3 is 31.5 Å². The molecule has 0 bridgehead atoms. The van der Waals surface area contributed by atoms with E-state index in [4.69, 9.17) is 0 Å². The third-order valence-electron chi connectivity index (χ3n) is 11.0. The van der Waals surface area contributed by atoms with E-state index in [1.54, 1.807) is 4.90 Å². The zero-order valence-corrected chi connectivity index (χ0v) is 32.5. The van der Waals surface area contributed by atoms with Crippen molar-refractivity contribution < 1.29 is 28.2 Å². The molecule has 5 atom stereocenters. The lowest BCUT2D eigenvalue weighted by Gasteiger charge is -2.38. The molecule has 3 rings (SSSR count). The van der Waals surface area contributed by atoms with Crippen LogP contribution in [0, 0.1) is 29.1 Å². The second-order valence-corrected chi connectivity index (χ2v) is 16.9. The van der Waals surface area contributed by atoms with Crippen LogP contribution in [-0.2, 0) is 35.1 Å². The Hall–Kier alpha value is -2.93. The van der Waals surface area contributed by atoms with Gasteiger partial charge in [0.05, 0.1) is 6.04 Å². The van der Waals surface area contributed by atoms with Gasteiger partial charge in [-0.2, -0.15) is 0 Å². The molecular formula is C38H65N6O6S+. The minimum Gasteiger partial charge on any atom is -0.346 e. The van der Waals surface area contributed by atoms with E-state index in [1.165, 1.54) is 12.5 Å². The second kappa shape index (κ2) is 20.9. The van der Waals surface area contributed by atoms with Crippen LogP contribution < -0.4 is 26.6 Å². The predicted molar refractivity (Wildman–Crippen MR) is 201 cm³/mol. The third kappa shape index (κ3) is 12.9. The van der Waals surface area contributed by atoms with E-state index in [9.17, 15) is 28.2 Å². The molecule has 1 aliphatic heterocycles. The summed E-state index contributed by atoms with van der Waals surface area (Å²) in [5.41, 5.74) is -0.671. The van der Waals surface area contributed by atoms with E-state index in [0.29, 0.717) is 49.3 Å². The van der Waals surface area contributed by atoms with Crippen molar-refractivity contribution >= 4 is 41.2 Å². The Kier molecular flexibility index (Phi) is 17.4. The summed E-state index contributed by atoms with van der Waals surface area (Å²) in [6.07, 6.45) is 12.6. The van der Waals surface area contributed by atoms with Crippen LogP contribution in [0.4, 0.5) is 4.79 Å². The Balaban J connectivity index is 1.77. The van der Waals surface area contributed by atoms with Gasteiger partial charge in [-0.25, -0.2) is 4.79 Å². The lowest BCUT2D eigenvalue weighted by molar-refractivity contribution is -0.145. The van der Waals surface area contributed by atoms with Crippen LogP contribution >= 0.6 is 0 Å². The molecule has 1 saturated heterocycles. The highest BCUT2D eigenvalue weighted by Crippen LogP contribution is 2.35. The second-order valence-electron chi connectivity index (χ2n) is 16.3. The molecule has 1 heterocycles. The van der Waals surface area contributed by atoms with Crippen molar-refractivity contribution in [2.24, 2.45) is 29.1 Å². The molecule has 0 aromatic carbocycles. The van der Waals surface area contributed by atoms with Crippen LogP contribution in [0.25, 0.3) is 0 Å². The number of carbonyl (C=O) groups is 5. The first-order valence-electron chi connectivity index (χ1n) is 19.3. The fourth-order valence-corrected chi connectivity index (χ4v) is 8.08. The Morgan fingerprint density at radius 3 is 2.22 bits per heavy atom. The molecule has 5 amide bonds. The van der Waals surface area contributed by atoms with E-state index in [-0.39, 0.29) is 36.2 Å². The van der Waals surface area contributed by atoms with E-state index >= 15 is 0 Å². The van der Waals surface area contributed by atoms with Crippen LogP contribution in [-0.4, -0.2) is 90.5 Å². The highest BCUT2D eigenvalue weighted by Gasteiger charge is 2.48. The standard InChI is InChI=1S/C38H64N6O6S/c1-7-19-40-35(47)32(45)29(23-26-14-13-15-26)41-34(46)31-28(25(2)3)18-21-44(31)36(48)33(38(4,5)6)43-37(49)42-30(27-16-9-8-10-17-27)24-39-20-11-12-22-51-50/h7,25-31,33,39H,1,8-24H2,2-6H3,(H3-,40,41,42,43,46,47,49)/p+1/t28-,29?,30-,31+,33-/m1/s1. The summed E-state index contributed by atoms with van der Waals surface area (Å²) in [6.45, 7) is 15.2. The molecule has 0 aromatic heterocycles. The van der Waals surface area contributed by atoms with Crippen LogP contribution in [0.5, 0.6) is 0 Å². The van der Waals surface area contributed by atoms with E-state index in [1.807, 2.05) is 34.6 Å². The van der Waals surface area contributed by atoms with Gasteiger partial charge in [0.15, 0.2) is 0 Å². The van der Waals surface area contributed by atoms with Crippen molar-refractivity contribution in [3.63, 3.8) is 0 Å². The van der Waals surface area contributed by atoms with Gasteiger partial charge in [0.25, 0.3) is 5.91 Å². The van der Waals surface area contributed by atoms with E-state index < -0.39 is 47.2 Å². The van der Waals surface area contributed by atoms with Crippen molar-refractivity contribution in [1.82, 2.24) is 31.5 Å². The predicted octanol–water partition coefficient (Wildman–Crippen LogP) is 3.87. The molecule has 0 aromatic rings. The largest absolute Gasteiger partial charge is 0.458 e. The van der Waals surface area contributed by atoms with Gasteiger partial charge in [-0.3, -0.25) is 19.2 Å². The average molecular weight is 734 g/mol. The summed E-state index contributed by atoms with van der Waals surface area (Å²) in [5, 5.41) is 15.1. The van der Waals surface area contributed by atoms with Gasteiger partial charge in [0.2, 0.25) is 23.4 Å². The smallest absolute Gasteiger partial charge is 0.346 e. The normalized spacial score (nSPS) is 21.6. The minimum absolute atomic E-state index is 0.0716. The summed E-state index contributed by atoms with van der Waals surface area (Å²) in [4.78, 5) is 69.9. The highest BCUT2D eigenvalue weighted by atomic mass is 32.1. The van der Waals surface area contributed by atoms with E-state index in [0.717, 1.165) is 64.3 Å². The summed E-state index contributed by atoms with van der Waals surface area (Å²) >= 11 is 0.603. The first-order valence-corrected chi connectivity index (χ1v) is 20.3. The molecule has 3 aliphatic rings. The average Bonchev–Trinajstić information content (AvgIpc) is 3.53. The fourth-order valence-electron chi connectivity index (χ4n) is 7.75. The molecule has 5 N–H and O–H groups in total. The van der Waals surface area contributed by atoms with Crippen LogP contribution in [0.15, 0.2) is 12.7 Å². The number of carbonyl (C=O) groups excluding carboxylic acids is 5. The van der Waals surface area contributed by atoms with Gasteiger partial charge in [-0.15, -0.1) is 6.58 Å². The van der Waals surface area contributed by atoms with Crippen LogP contribution in [0.3, 0.4) is 0 Å². The molecule has 1 unspecified atom stereocenters. The molecule has 2 aliphatic carbocycles. The van der Waals surface area contributed by atoms with Gasteiger partial charge in [-0.1, -0.05) is 79.2 Å². The molecule has 0 radical (unpaired) electrons. The number of Topliss-reactive ketones (excluding diaryl/α,β-unsaturated/α-hetero) is 1. The number of nitrogens with one attached hydrogen (secondary N) is 5. The highest BCUT2D eigenvalue weighted by molar-refractivity contribution is 7.65. The number of urea groups is 1. The zero-order valence-electron chi connectivity index (χ0n) is 31.7. The number of hydrogen-bond acceptors (Lipinski definition) is 7. The van der Waals surface area contributed by atoms with Crippen molar-refractivity contribution in [3.8, 4) is 0 Å². The molecule has 0 spiro atoms. The number of ketones is 1. The number of likely N-dealkylation sites (tertiary alicyclic amines) is 1. The van der Waals surface area contributed by atoms with Gasteiger partial charge in [-0.05, 0) is 67.7 Å². The molecule has 13 heteroatoms. The third-order valence-corrected chi connectivity index (χ3v) is 11.5. The van der Waals surface area contributed by atoms with Crippen LogP contribution in [0.2, 0.25) is 0 Å². The summed E-state index contributed by atoms with van der Waals surface area (Å²) < 4.78 is 10.7. The quantitative estimate of drug-likeness (QED) is 0.0549. The number of rotatable bonds is 20. The van der Waals surface area contributed by atoms with Crippen molar-refractivity contribution in [1.29, 1.82) is 0 Å². The molecule has 51 heavy (non-hydrogen) atoms. The van der Waals surface area contributed by atoms with Gasteiger partial charge >= 0.3 is 17.7 Å². The van der Waals surface area contributed by atoms with Gasteiger partial charge in [0.1, 0.15) is 12.1 Å². The summed E-state index contributed by atoms with van der Waals surface area (Å²) in [5.74, 6) is -1.17. The molecule has 2 saturated carbocycles. The first kappa shape index (κ1) is 42.5. The van der Waals surface area contributed by atoms with E-state index in [2.05, 4.69) is 33.2 Å². The van der Waals surface area contributed by atoms with Crippen LogP contribution in [0.1, 0.15) is 112 Å². The number of hydrogen-bond donors (Lipinski definition) is 5. The van der Waals surface area contributed by atoms with Gasteiger partial charge in [0, 0.05) is 36.3 Å². The summed E-state index contributed by atoms with van der Waals surface area (Å²) in [6, 6.07) is -3.28. The molecule has 12 nitrogen and oxygen atoms in total. The molecule has 288 valence electrons. The van der Waals surface area contributed by atoms with Crippen molar-refractivity contribution in [2.75, 3.05) is 31.9 Å². The molecular weight excluding hydrogens is 669 g/mol. The lowest BCUT2D eigenvalue weighted by atomic mass is 9.80. The fraction of sp³-hybridized carbons (Fsp3) is 0.816. The SMILES string of the molecule is C=CCNC(=O)C(=O)C(CC1CCC1)NC(=O)[C@@H]1[C@@H](C(C)C)CCN1C(=O)[C@@H](NC(=O)N[C@H](CNCCCC[S+]=O)C1CCCCC1)C(C)(C)C. The maximum absolute atomic E-state index is 14.5. The van der Waals surface area contributed by atoms with Crippen molar-refractivity contribution in [2.45, 2.75) is 136 Å². The van der Waals surface area contributed by atoms with Crippen molar-refractivity contribution in [3.05, 3.63) is 12.7 Å². The zero-order chi connectivity index (χ0) is 37.6. The molecule has 3 fully saturated rings.